The van der Waals surface area contributed by atoms with E-state index in [1.54, 1.807) is 7.11 Å². The van der Waals surface area contributed by atoms with Gasteiger partial charge >= 0.3 is 0 Å². The van der Waals surface area contributed by atoms with Crippen LogP contribution < -0.4 is 10.1 Å². The standard InChI is InChI=1S/C19H28N4O/c1-15-18(19(24-3)22(2)21-15)12-20-17-10-7-11-23(14-17)13-16-8-5-4-6-9-16/h4-6,8-9,17,20H,7,10-14H2,1-3H3. The van der Waals surface area contributed by atoms with Crippen LogP contribution in [0.3, 0.4) is 0 Å². The van der Waals surface area contributed by atoms with E-state index in [1.807, 2.05) is 18.7 Å². The molecule has 24 heavy (non-hydrogen) atoms. The highest BCUT2D eigenvalue weighted by Gasteiger charge is 2.21. The Morgan fingerprint density at radius 1 is 1.29 bits per heavy atom. The van der Waals surface area contributed by atoms with E-state index in [1.165, 1.54) is 30.5 Å². The minimum absolute atomic E-state index is 0.520. The van der Waals surface area contributed by atoms with Gasteiger partial charge in [-0.15, -0.1) is 0 Å². The molecule has 1 saturated heterocycles. The van der Waals surface area contributed by atoms with Crippen molar-refractivity contribution in [3.05, 3.63) is 47.2 Å². The average Bonchev–Trinajstić information content (AvgIpc) is 2.87. The van der Waals surface area contributed by atoms with Gasteiger partial charge in [0.15, 0.2) is 0 Å². The normalized spacial score (nSPS) is 18.7. The molecule has 1 fully saturated rings. The fourth-order valence-electron chi connectivity index (χ4n) is 3.59. The van der Waals surface area contributed by atoms with Gasteiger partial charge in [0.1, 0.15) is 0 Å². The molecule has 0 bridgehead atoms. The predicted octanol–water partition coefficient (Wildman–Crippen LogP) is 2.49. The summed E-state index contributed by atoms with van der Waals surface area (Å²) >= 11 is 0. The van der Waals surface area contributed by atoms with Crippen molar-refractivity contribution >= 4 is 0 Å². The number of methoxy groups -OCH3 is 1. The van der Waals surface area contributed by atoms with Gasteiger partial charge < -0.3 is 10.1 Å². The van der Waals surface area contributed by atoms with E-state index in [0.29, 0.717) is 6.04 Å². The zero-order chi connectivity index (χ0) is 16.9. The Bertz CT molecular complexity index is 653. The molecule has 2 heterocycles. The Balaban J connectivity index is 1.56. The monoisotopic (exact) mass is 328 g/mol. The molecule has 1 atom stereocenters. The number of aryl methyl sites for hydroxylation is 2. The first-order valence-electron chi connectivity index (χ1n) is 8.73. The summed E-state index contributed by atoms with van der Waals surface area (Å²) in [5.41, 5.74) is 3.60. The van der Waals surface area contributed by atoms with E-state index in [0.717, 1.165) is 31.2 Å². The highest BCUT2D eigenvalue weighted by Crippen LogP contribution is 2.21. The van der Waals surface area contributed by atoms with Crippen molar-refractivity contribution in [1.29, 1.82) is 0 Å². The van der Waals surface area contributed by atoms with Crippen LogP contribution in [0.5, 0.6) is 5.88 Å². The molecule has 0 spiro atoms. The van der Waals surface area contributed by atoms with E-state index in [2.05, 4.69) is 45.6 Å². The summed E-state index contributed by atoms with van der Waals surface area (Å²) in [7, 11) is 3.64. The van der Waals surface area contributed by atoms with E-state index in [-0.39, 0.29) is 0 Å². The summed E-state index contributed by atoms with van der Waals surface area (Å²) in [6.45, 7) is 6.17. The molecule has 130 valence electrons. The predicted molar refractivity (Wildman–Crippen MR) is 96.1 cm³/mol. The first-order valence-corrected chi connectivity index (χ1v) is 8.73. The Morgan fingerprint density at radius 2 is 2.08 bits per heavy atom. The molecule has 1 aromatic heterocycles. The molecule has 1 N–H and O–H groups in total. The molecule has 0 radical (unpaired) electrons. The summed E-state index contributed by atoms with van der Waals surface area (Å²) in [4.78, 5) is 2.55. The lowest BCUT2D eigenvalue weighted by molar-refractivity contribution is 0.182. The molecule has 5 heteroatoms. The lowest BCUT2D eigenvalue weighted by Gasteiger charge is -2.33. The van der Waals surface area contributed by atoms with Crippen LogP contribution in [0.1, 0.15) is 29.7 Å². The largest absolute Gasteiger partial charge is 0.481 e. The third kappa shape index (κ3) is 3.97. The summed E-state index contributed by atoms with van der Waals surface area (Å²) in [5.74, 6) is 0.858. The first-order chi connectivity index (χ1) is 11.7. The molecule has 1 aliphatic rings. The average molecular weight is 328 g/mol. The second-order valence-electron chi connectivity index (χ2n) is 6.64. The van der Waals surface area contributed by atoms with Crippen LogP contribution >= 0.6 is 0 Å². The van der Waals surface area contributed by atoms with Gasteiger partial charge in [-0.1, -0.05) is 30.3 Å². The second-order valence-corrected chi connectivity index (χ2v) is 6.64. The van der Waals surface area contributed by atoms with Crippen LogP contribution in [-0.2, 0) is 20.1 Å². The Morgan fingerprint density at radius 3 is 2.83 bits per heavy atom. The Hall–Kier alpha value is -1.85. The number of hydrogen-bond acceptors (Lipinski definition) is 4. The van der Waals surface area contributed by atoms with E-state index in [4.69, 9.17) is 4.74 Å². The minimum atomic E-state index is 0.520. The molecule has 1 aliphatic heterocycles. The third-order valence-electron chi connectivity index (χ3n) is 4.80. The molecular formula is C19H28N4O. The van der Waals surface area contributed by atoms with Gasteiger partial charge in [0, 0.05) is 32.7 Å². The highest BCUT2D eigenvalue weighted by atomic mass is 16.5. The number of likely N-dealkylation sites (tertiary alicyclic amines) is 1. The smallest absolute Gasteiger partial charge is 0.216 e. The maximum absolute atomic E-state index is 5.49. The number of rotatable bonds is 6. The van der Waals surface area contributed by atoms with Crippen LogP contribution in [0.25, 0.3) is 0 Å². The van der Waals surface area contributed by atoms with Gasteiger partial charge in [-0.3, -0.25) is 4.90 Å². The number of benzene rings is 1. The number of hydrogen-bond donors (Lipinski definition) is 1. The summed E-state index contributed by atoms with van der Waals surface area (Å²) < 4.78 is 7.30. The van der Waals surface area contributed by atoms with E-state index in [9.17, 15) is 0 Å². The van der Waals surface area contributed by atoms with Crippen molar-refractivity contribution in [1.82, 2.24) is 20.0 Å². The SMILES string of the molecule is COc1c(CNC2CCCN(Cc3ccccc3)C2)c(C)nn1C. The Labute approximate surface area is 144 Å². The third-order valence-corrected chi connectivity index (χ3v) is 4.80. The molecular weight excluding hydrogens is 300 g/mol. The number of aromatic nitrogens is 2. The maximum Gasteiger partial charge on any atom is 0.216 e. The van der Waals surface area contributed by atoms with Gasteiger partial charge in [0.05, 0.1) is 18.4 Å². The van der Waals surface area contributed by atoms with Crippen LogP contribution in [0.15, 0.2) is 30.3 Å². The molecule has 0 saturated carbocycles. The van der Waals surface area contributed by atoms with Crippen molar-refractivity contribution in [2.24, 2.45) is 7.05 Å². The fraction of sp³-hybridized carbons (Fsp3) is 0.526. The number of nitrogens with one attached hydrogen (secondary N) is 1. The van der Waals surface area contributed by atoms with Gasteiger partial charge in [-0.25, -0.2) is 4.68 Å². The molecule has 2 aromatic rings. The van der Waals surface area contributed by atoms with E-state index < -0.39 is 0 Å². The molecule has 3 rings (SSSR count). The highest BCUT2D eigenvalue weighted by molar-refractivity contribution is 5.30. The topological polar surface area (TPSA) is 42.3 Å². The minimum Gasteiger partial charge on any atom is -0.481 e. The molecule has 5 nitrogen and oxygen atoms in total. The molecule has 0 aliphatic carbocycles. The number of nitrogens with zero attached hydrogens (tertiary/aromatic N) is 3. The van der Waals surface area contributed by atoms with Crippen molar-refractivity contribution in [3.8, 4) is 5.88 Å². The number of ether oxygens (including phenoxy) is 1. The number of piperidine rings is 1. The van der Waals surface area contributed by atoms with Crippen LogP contribution in [0.2, 0.25) is 0 Å². The van der Waals surface area contributed by atoms with E-state index >= 15 is 0 Å². The van der Waals surface area contributed by atoms with Gasteiger partial charge in [-0.05, 0) is 31.9 Å². The summed E-state index contributed by atoms with van der Waals surface area (Å²) in [6, 6.07) is 11.3. The maximum atomic E-state index is 5.49. The van der Waals surface area contributed by atoms with Crippen molar-refractivity contribution < 1.29 is 4.74 Å². The second kappa shape index (κ2) is 7.81. The lowest BCUT2D eigenvalue weighted by atomic mass is 10.0. The molecule has 1 aromatic carbocycles. The van der Waals surface area contributed by atoms with Crippen molar-refractivity contribution in [2.75, 3.05) is 20.2 Å². The van der Waals surface area contributed by atoms with Crippen molar-refractivity contribution in [2.45, 2.75) is 38.9 Å². The quantitative estimate of drug-likeness (QED) is 0.885. The first kappa shape index (κ1) is 17.0. The van der Waals surface area contributed by atoms with Crippen LogP contribution in [-0.4, -0.2) is 40.9 Å². The summed E-state index contributed by atoms with van der Waals surface area (Å²) in [6.07, 6.45) is 2.47. The van der Waals surface area contributed by atoms with Crippen LogP contribution in [0, 0.1) is 6.92 Å². The molecule has 0 amide bonds. The zero-order valence-electron chi connectivity index (χ0n) is 15.0. The van der Waals surface area contributed by atoms with Gasteiger partial charge in [-0.2, -0.15) is 5.10 Å². The van der Waals surface area contributed by atoms with Crippen molar-refractivity contribution in [3.63, 3.8) is 0 Å². The molecule has 1 unspecified atom stereocenters. The van der Waals surface area contributed by atoms with Gasteiger partial charge in [0.2, 0.25) is 5.88 Å². The summed E-state index contributed by atoms with van der Waals surface area (Å²) in [5, 5.41) is 8.17. The zero-order valence-corrected chi connectivity index (χ0v) is 15.0. The van der Waals surface area contributed by atoms with Gasteiger partial charge in [0.25, 0.3) is 0 Å². The lowest BCUT2D eigenvalue weighted by Crippen LogP contribution is -2.45. The Kier molecular flexibility index (Phi) is 5.53. The fourth-order valence-corrected chi connectivity index (χ4v) is 3.59. The van der Waals surface area contributed by atoms with Crippen LogP contribution in [0.4, 0.5) is 0 Å².